The standard InChI is InChI=1S/C24H31N3O4S2/c1-17-6-7-21(18(2)14-17)25-23(28)19-8-12-27(13-9-19)33(30,31)22-15-20(16-32-22)24(29)26-10-4-3-5-11-26/h6-7,14-16,19H,3-5,8-13H2,1-2H3,(H,25,28). The zero-order valence-electron chi connectivity index (χ0n) is 19.2. The number of carbonyl (C=O) groups excluding carboxylic acids is 2. The van der Waals surface area contributed by atoms with Crippen LogP contribution in [-0.4, -0.2) is 55.6 Å². The third kappa shape index (κ3) is 5.31. The van der Waals surface area contributed by atoms with Crippen molar-refractivity contribution in [2.75, 3.05) is 31.5 Å². The molecule has 1 aromatic heterocycles. The number of likely N-dealkylation sites (tertiary alicyclic amines) is 1. The molecule has 3 heterocycles. The lowest BCUT2D eigenvalue weighted by Crippen LogP contribution is -2.41. The molecule has 0 saturated carbocycles. The quantitative estimate of drug-likeness (QED) is 0.687. The molecule has 0 unspecified atom stereocenters. The van der Waals surface area contributed by atoms with E-state index >= 15 is 0 Å². The Hall–Kier alpha value is -2.23. The second-order valence-corrected chi connectivity index (χ2v) is 12.1. The van der Waals surface area contributed by atoms with E-state index in [0.29, 0.717) is 31.5 Å². The summed E-state index contributed by atoms with van der Waals surface area (Å²) < 4.78 is 27.9. The minimum Gasteiger partial charge on any atom is -0.339 e. The molecule has 178 valence electrons. The first-order valence-electron chi connectivity index (χ1n) is 11.5. The highest BCUT2D eigenvalue weighted by Crippen LogP contribution is 2.29. The van der Waals surface area contributed by atoms with Crippen molar-refractivity contribution < 1.29 is 18.0 Å². The molecule has 2 aliphatic heterocycles. The van der Waals surface area contributed by atoms with Gasteiger partial charge in [0.2, 0.25) is 5.91 Å². The van der Waals surface area contributed by atoms with Crippen LogP contribution in [0.1, 0.15) is 53.6 Å². The van der Waals surface area contributed by atoms with Crippen LogP contribution in [0.4, 0.5) is 5.69 Å². The summed E-state index contributed by atoms with van der Waals surface area (Å²) in [5.74, 6) is -0.379. The van der Waals surface area contributed by atoms with Crippen LogP contribution in [0.15, 0.2) is 33.9 Å². The number of anilines is 1. The fourth-order valence-electron chi connectivity index (χ4n) is 4.52. The second kappa shape index (κ2) is 9.95. The van der Waals surface area contributed by atoms with Gasteiger partial charge in [0.25, 0.3) is 15.9 Å². The number of thiophene rings is 1. The molecule has 9 heteroatoms. The molecular weight excluding hydrogens is 458 g/mol. The van der Waals surface area contributed by atoms with Gasteiger partial charge < -0.3 is 10.2 Å². The Kier molecular flexibility index (Phi) is 7.21. The van der Waals surface area contributed by atoms with Crippen LogP contribution < -0.4 is 5.32 Å². The van der Waals surface area contributed by atoms with Crippen molar-refractivity contribution in [2.24, 2.45) is 5.92 Å². The van der Waals surface area contributed by atoms with Gasteiger partial charge in [-0.2, -0.15) is 4.31 Å². The topological polar surface area (TPSA) is 86.8 Å². The average Bonchev–Trinajstić information content (AvgIpc) is 3.32. The summed E-state index contributed by atoms with van der Waals surface area (Å²) in [5, 5.41) is 4.64. The van der Waals surface area contributed by atoms with Crippen molar-refractivity contribution in [1.29, 1.82) is 0 Å². The molecule has 0 spiro atoms. The molecule has 0 radical (unpaired) electrons. The summed E-state index contributed by atoms with van der Waals surface area (Å²) >= 11 is 1.10. The van der Waals surface area contributed by atoms with Crippen molar-refractivity contribution in [3.05, 3.63) is 46.3 Å². The summed E-state index contributed by atoms with van der Waals surface area (Å²) in [6.07, 6.45) is 4.06. The van der Waals surface area contributed by atoms with Crippen molar-refractivity contribution in [1.82, 2.24) is 9.21 Å². The van der Waals surface area contributed by atoms with E-state index in [9.17, 15) is 18.0 Å². The van der Waals surface area contributed by atoms with Gasteiger partial charge in [-0.1, -0.05) is 17.7 Å². The van der Waals surface area contributed by atoms with Gasteiger partial charge in [-0.05, 0) is 63.6 Å². The number of aryl methyl sites for hydroxylation is 2. The van der Waals surface area contributed by atoms with Crippen LogP contribution >= 0.6 is 11.3 Å². The van der Waals surface area contributed by atoms with Crippen molar-refractivity contribution in [3.63, 3.8) is 0 Å². The molecule has 2 aliphatic rings. The zero-order chi connectivity index (χ0) is 23.6. The fourth-order valence-corrected chi connectivity index (χ4v) is 7.29. The molecule has 7 nitrogen and oxygen atoms in total. The van der Waals surface area contributed by atoms with Crippen LogP contribution in [0.5, 0.6) is 0 Å². The Morgan fingerprint density at radius 1 is 1.00 bits per heavy atom. The van der Waals surface area contributed by atoms with E-state index in [0.717, 1.165) is 60.5 Å². The SMILES string of the molecule is Cc1ccc(NC(=O)C2CCN(S(=O)(=O)c3cc(C(=O)N4CCCCC4)cs3)CC2)c(C)c1. The number of hydrogen-bond donors (Lipinski definition) is 1. The van der Waals surface area contributed by atoms with Crippen LogP contribution in [0.25, 0.3) is 0 Å². The number of carbonyl (C=O) groups is 2. The first-order chi connectivity index (χ1) is 15.8. The third-order valence-electron chi connectivity index (χ3n) is 6.52. The number of hydrogen-bond acceptors (Lipinski definition) is 5. The van der Waals surface area contributed by atoms with E-state index in [1.807, 2.05) is 36.9 Å². The summed E-state index contributed by atoms with van der Waals surface area (Å²) in [7, 11) is -3.68. The molecule has 1 N–H and O–H groups in total. The van der Waals surface area contributed by atoms with Crippen molar-refractivity contribution in [2.45, 2.75) is 50.2 Å². The van der Waals surface area contributed by atoms with E-state index in [1.165, 1.54) is 10.4 Å². The zero-order valence-corrected chi connectivity index (χ0v) is 20.8. The molecule has 4 rings (SSSR count). The van der Waals surface area contributed by atoms with Gasteiger partial charge in [0.15, 0.2) is 0 Å². The average molecular weight is 490 g/mol. The summed E-state index contributed by atoms with van der Waals surface area (Å²) in [6, 6.07) is 7.40. The number of piperidine rings is 2. The maximum atomic E-state index is 13.2. The Bertz CT molecular complexity index is 1130. The normalized spacial score (nSPS) is 18.3. The van der Waals surface area contributed by atoms with Crippen LogP contribution in [0.2, 0.25) is 0 Å². The monoisotopic (exact) mass is 489 g/mol. The van der Waals surface area contributed by atoms with Gasteiger partial charge in [-0.3, -0.25) is 9.59 Å². The molecule has 2 fully saturated rings. The summed E-state index contributed by atoms with van der Waals surface area (Å²) in [4.78, 5) is 27.3. The smallest absolute Gasteiger partial charge is 0.254 e. The highest BCUT2D eigenvalue weighted by atomic mass is 32.2. The van der Waals surface area contributed by atoms with E-state index < -0.39 is 10.0 Å². The van der Waals surface area contributed by atoms with Crippen LogP contribution in [0.3, 0.4) is 0 Å². The van der Waals surface area contributed by atoms with Crippen LogP contribution in [0, 0.1) is 19.8 Å². The van der Waals surface area contributed by atoms with Crippen molar-refractivity contribution >= 4 is 38.9 Å². The van der Waals surface area contributed by atoms with Gasteiger partial charge >= 0.3 is 0 Å². The number of nitrogens with one attached hydrogen (secondary N) is 1. The number of sulfonamides is 1. The highest BCUT2D eigenvalue weighted by Gasteiger charge is 2.33. The first-order valence-corrected chi connectivity index (χ1v) is 13.8. The van der Waals surface area contributed by atoms with E-state index in [2.05, 4.69) is 5.32 Å². The molecule has 0 aliphatic carbocycles. The number of benzene rings is 1. The number of amides is 2. The summed E-state index contributed by atoms with van der Waals surface area (Å²) in [6.45, 7) is 6.02. The van der Waals surface area contributed by atoms with E-state index in [-0.39, 0.29) is 21.9 Å². The summed E-state index contributed by atoms with van der Waals surface area (Å²) in [5.41, 5.74) is 3.39. The lowest BCUT2D eigenvalue weighted by Gasteiger charge is -2.30. The maximum Gasteiger partial charge on any atom is 0.254 e. The Morgan fingerprint density at radius 2 is 1.70 bits per heavy atom. The lowest BCUT2D eigenvalue weighted by atomic mass is 9.97. The Balaban J connectivity index is 1.36. The van der Waals surface area contributed by atoms with Gasteiger partial charge in [-0.15, -0.1) is 11.3 Å². The minimum atomic E-state index is -3.68. The fraction of sp³-hybridized carbons (Fsp3) is 0.500. The van der Waals surface area contributed by atoms with Gasteiger partial charge in [0, 0.05) is 43.2 Å². The Morgan fingerprint density at radius 3 is 2.36 bits per heavy atom. The molecular formula is C24H31N3O4S2. The molecule has 33 heavy (non-hydrogen) atoms. The molecule has 2 amide bonds. The second-order valence-electron chi connectivity index (χ2n) is 8.99. The maximum absolute atomic E-state index is 13.2. The molecule has 0 atom stereocenters. The van der Waals surface area contributed by atoms with Crippen LogP contribution in [-0.2, 0) is 14.8 Å². The third-order valence-corrected chi connectivity index (χ3v) is 9.84. The predicted octanol–water partition coefficient (Wildman–Crippen LogP) is 4.03. The molecule has 2 saturated heterocycles. The van der Waals surface area contributed by atoms with Gasteiger partial charge in [0.05, 0.1) is 5.56 Å². The molecule has 0 bridgehead atoms. The van der Waals surface area contributed by atoms with Crippen molar-refractivity contribution in [3.8, 4) is 0 Å². The lowest BCUT2D eigenvalue weighted by molar-refractivity contribution is -0.120. The van der Waals surface area contributed by atoms with E-state index in [4.69, 9.17) is 0 Å². The van der Waals surface area contributed by atoms with Gasteiger partial charge in [0.1, 0.15) is 4.21 Å². The number of nitrogens with zero attached hydrogens (tertiary/aromatic N) is 2. The Labute approximate surface area is 199 Å². The number of rotatable bonds is 5. The minimum absolute atomic E-state index is 0.0652. The van der Waals surface area contributed by atoms with E-state index in [1.54, 1.807) is 5.38 Å². The first kappa shape index (κ1) is 23.9. The highest BCUT2D eigenvalue weighted by molar-refractivity contribution is 7.91. The van der Waals surface area contributed by atoms with Gasteiger partial charge in [-0.25, -0.2) is 8.42 Å². The predicted molar refractivity (Wildman–Crippen MR) is 130 cm³/mol. The molecule has 1 aromatic carbocycles. The molecule has 2 aromatic rings. The largest absolute Gasteiger partial charge is 0.339 e.